The zero-order chi connectivity index (χ0) is 23.6. The number of allylic oxidation sites excluding steroid dienone is 2. The van der Waals surface area contributed by atoms with E-state index in [2.05, 4.69) is 5.32 Å². The van der Waals surface area contributed by atoms with Gasteiger partial charge >= 0.3 is 0 Å². The van der Waals surface area contributed by atoms with Gasteiger partial charge in [-0.05, 0) is 50.3 Å². The number of sulfonamides is 1. The summed E-state index contributed by atoms with van der Waals surface area (Å²) in [5.74, 6) is -1.40. The molecule has 0 aromatic heterocycles. The molecular formula is C24H31N3O5S. The zero-order valence-corrected chi connectivity index (χ0v) is 19.8. The number of nitrogens with zero attached hydrogens (tertiary/aromatic N) is 2. The topological polar surface area (TPSA) is 104 Å². The molecule has 178 valence electrons. The highest BCUT2D eigenvalue weighted by molar-refractivity contribution is 7.89. The van der Waals surface area contributed by atoms with Gasteiger partial charge in [0.25, 0.3) is 0 Å². The maximum absolute atomic E-state index is 13.2. The van der Waals surface area contributed by atoms with Gasteiger partial charge < -0.3 is 5.32 Å². The Hall–Kier alpha value is -2.52. The number of benzene rings is 1. The molecule has 2 heterocycles. The fourth-order valence-electron chi connectivity index (χ4n) is 4.90. The number of carbonyl (C=O) groups is 3. The Morgan fingerprint density at radius 2 is 1.61 bits per heavy atom. The third-order valence-electron chi connectivity index (χ3n) is 6.82. The summed E-state index contributed by atoms with van der Waals surface area (Å²) < 4.78 is 28.0. The van der Waals surface area contributed by atoms with Crippen LogP contribution >= 0.6 is 0 Å². The van der Waals surface area contributed by atoms with Gasteiger partial charge in [-0.25, -0.2) is 8.42 Å². The van der Waals surface area contributed by atoms with Crippen LogP contribution in [0.2, 0.25) is 0 Å². The number of rotatable bonds is 6. The quantitative estimate of drug-likeness (QED) is 0.505. The predicted octanol–water partition coefficient (Wildman–Crippen LogP) is 2.84. The Kier molecular flexibility index (Phi) is 6.99. The monoisotopic (exact) mass is 473 g/mol. The van der Waals surface area contributed by atoms with Crippen molar-refractivity contribution in [1.82, 2.24) is 9.21 Å². The Bertz CT molecular complexity index is 1050. The average Bonchev–Trinajstić information content (AvgIpc) is 2.99. The summed E-state index contributed by atoms with van der Waals surface area (Å²) in [6, 6.07) is 4.85. The second-order valence-corrected chi connectivity index (χ2v) is 11.0. The number of anilines is 1. The van der Waals surface area contributed by atoms with Crippen molar-refractivity contribution < 1.29 is 22.8 Å². The number of nitrogens with one attached hydrogen (secondary N) is 1. The minimum Gasteiger partial charge on any atom is -0.326 e. The lowest BCUT2D eigenvalue weighted by Crippen LogP contribution is -2.34. The summed E-state index contributed by atoms with van der Waals surface area (Å²) in [6.45, 7) is 2.79. The van der Waals surface area contributed by atoms with Gasteiger partial charge in [-0.1, -0.05) is 31.1 Å². The SMILES string of the molecule is Cc1ccc(NC(=O)CCN2C(=O)C3CC=CCC3C2=O)cc1S(=O)(=O)N1CCCCCC1. The number of amides is 3. The molecule has 0 spiro atoms. The molecule has 8 nitrogen and oxygen atoms in total. The van der Waals surface area contributed by atoms with Crippen LogP contribution in [0.15, 0.2) is 35.2 Å². The van der Waals surface area contributed by atoms with Crippen molar-refractivity contribution in [2.75, 3.05) is 25.0 Å². The van der Waals surface area contributed by atoms with Crippen molar-refractivity contribution in [2.24, 2.45) is 11.8 Å². The van der Waals surface area contributed by atoms with Crippen LogP contribution in [0.3, 0.4) is 0 Å². The molecule has 1 aromatic rings. The molecule has 3 aliphatic rings. The molecule has 0 bridgehead atoms. The van der Waals surface area contributed by atoms with Crippen molar-refractivity contribution in [3.8, 4) is 0 Å². The van der Waals surface area contributed by atoms with Gasteiger partial charge in [0, 0.05) is 31.7 Å². The first-order valence-electron chi connectivity index (χ1n) is 11.7. The van der Waals surface area contributed by atoms with Crippen molar-refractivity contribution in [3.05, 3.63) is 35.9 Å². The van der Waals surface area contributed by atoms with Gasteiger partial charge in [-0.15, -0.1) is 0 Å². The molecule has 1 aliphatic carbocycles. The summed E-state index contributed by atoms with van der Waals surface area (Å²) >= 11 is 0. The molecule has 4 rings (SSSR count). The van der Waals surface area contributed by atoms with E-state index >= 15 is 0 Å². The summed E-state index contributed by atoms with van der Waals surface area (Å²) in [5, 5.41) is 2.73. The van der Waals surface area contributed by atoms with E-state index in [1.807, 2.05) is 12.2 Å². The van der Waals surface area contributed by atoms with E-state index in [-0.39, 0.29) is 47.4 Å². The Balaban J connectivity index is 1.41. The van der Waals surface area contributed by atoms with E-state index in [4.69, 9.17) is 0 Å². The first kappa shape index (κ1) is 23.6. The number of hydrogen-bond donors (Lipinski definition) is 1. The molecule has 1 aromatic carbocycles. The van der Waals surface area contributed by atoms with Crippen molar-refractivity contribution in [1.29, 1.82) is 0 Å². The molecule has 9 heteroatoms. The summed E-state index contributed by atoms with van der Waals surface area (Å²) in [5.41, 5.74) is 1.01. The average molecular weight is 474 g/mol. The van der Waals surface area contributed by atoms with Crippen LogP contribution in [0, 0.1) is 18.8 Å². The Labute approximate surface area is 195 Å². The van der Waals surface area contributed by atoms with E-state index in [1.165, 1.54) is 15.3 Å². The number of aryl methyl sites for hydroxylation is 1. The number of fused-ring (bicyclic) bond motifs is 1. The van der Waals surface area contributed by atoms with Crippen LogP contribution in [0.1, 0.15) is 50.5 Å². The highest BCUT2D eigenvalue weighted by Crippen LogP contribution is 2.35. The van der Waals surface area contributed by atoms with E-state index in [1.54, 1.807) is 19.1 Å². The molecule has 2 aliphatic heterocycles. The first-order valence-corrected chi connectivity index (χ1v) is 13.1. The fraction of sp³-hybridized carbons (Fsp3) is 0.542. The molecule has 2 unspecified atom stereocenters. The van der Waals surface area contributed by atoms with E-state index in [9.17, 15) is 22.8 Å². The Morgan fingerprint density at radius 1 is 1.00 bits per heavy atom. The summed E-state index contributed by atoms with van der Waals surface area (Å²) in [4.78, 5) is 39.1. The van der Waals surface area contributed by atoms with Gasteiger partial charge in [-0.3, -0.25) is 19.3 Å². The second kappa shape index (κ2) is 9.77. The molecule has 2 atom stereocenters. The molecule has 2 saturated heterocycles. The Morgan fingerprint density at radius 3 is 2.21 bits per heavy atom. The number of likely N-dealkylation sites (tertiary alicyclic amines) is 1. The first-order chi connectivity index (χ1) is 15.8. The standard InChI is InChI=1S/C24H31N3O5S/c1-17-10-11-18(16-21(17)33(31,32)26-13-6-2-3-7-14-26)25-22(28)12-15-27-23(29)19-8-4-5-9-20(19)24(27)30/h4-5,10-11,16,19-20H,2-3,6-9,12-15H2,1H3,(H,25,28). The fourth-order valence-corrected chi connectivity index (χ4v) is 6.67. The van der Waals surface area contributed by atoms with Gasteiger partial charge in [0.15, 0.2) is 0 Å². The van der Waals surface area contributed by atoms with Crippen LogP contribution in [0.4, 0.5) is 5.69 Å². The predicted molar refractivity (Wildman–Crippen MR) is 124 cm³/mol. The van der Waals surface area contributed by atoms with E-state index < -0.39 is 10.0 Å². The number of imide groups is 1. The van der Waals surface area contributed by atoms with Gasteiger partial charge in [0.2, 0.25) is 27.7 Å². The maximum atomic E-state index is 13.2. The molecule has 2 fully saturated rings. The van der Waals surface area contributed by atoms with Gasteiger partial charge in [0.1, 0.15) is 0 Å². The van der Waals surface area contributed by atoms with E-state index in [0.717, 1.165) is 25.7 Å². The zero-order valence-electron chi connectivity index (χ0n) is 19.0. The van der Waals surface area contributed by atoms with Crippen LogP contribution < -0.4 is 5.32 Å². The van der Waals surface area contributed by atoms with Crippen LogP contribution in [-0.4, -0.2) is 55.0 Å². The number of carbonyl (C=O) groups excluding carboxylic acids is 3. The lowest BCUT2D eigenvalue weighted by Gasteiger charge is -2.21. The largest absolute Gasteiger partial charge is 0.326 e. The van der Waals surface area contributed by atoms with Crippen molar-refractivity contribution in [3.63, 3.8) is 0 Å². The van der Waals surface area contributed by atoms with Crippen LogP contribution in [0.5, 0.6) is 0 Å². The minimum absolute atomic E-state index is 0.0291. The third-order valence-corrected chi connectivity index (χ3v) is 8.86. The van der Waals surface area contributed by atoms with Gasteiger partial charge in [-0.2, -0.15) is 4.31 Å². The highest BCUT2D eigenvalue weighted by Gasteiger charge is 2.46. The summed E-state index contributed by atoms with van der Waals surface area (Å²) in [7, 11) is -3.65. The smallest absolute Gasteiger partial charge is 0.243 e. The normalized spacial score (nSPS) is 24.0. The number of hydrogen-bond acceptors (Lipinski definition) is 5. The minimum atomic E-state index is -3.65. The van der Waals surface area contributed by atoms with Gasteiger partial charge in [0.05, 0.1) is 16.7 Å². The molecule has 0 radical (unpaired) electrons. The summed E-state index contributed by atoms with van der Waals surface area (Å²) in [6.07, 6.45) is 8.70. The lowest BCUT2D eigenvalue weighted by atomic mass is 9.85. The van der Waals surface area contributed by atoms with Crippen LogP contribution in [-0.2, 0) is 24.4 Å². The molecule has 1 N–H and O–H groups in total. The maximum Gasteiger partial charge on any atom is 0.243 e. The molecule has 3 amide bonds. The molecule has 33 heavy (non-hydrogen) atoms. The third kappa shape index (κ3) is 4.89. The van der Waals surface area contributed by atoms with Crippen molar-refractivity contribution in [2.45, 2.75) is 56.8 Å². The van der Waals surface area contributed by atoms with E-state index in [0.29, 0.717) is 37.2 Å². The molecular weight excluding hydrogens is 442 g/mol. The van der Waals surface area contributed by atoms with Crippen molar-refractivity contribution >= 4 is 33.4 Å². The lowest BCUT2D eigenvalue weighted by molar-refractivity contribution is -0.140. The highest BCUT2D eigenvalue weighted by atomic mass is 32.2. The van der Waals surface area contributed by atoms with Crippen LogP contribution in [0.25, 0.3) is 0 Å². The second-order valence-electron chi connectivity index (χ2n) is 9.08. The molecule has 0 saturated carbocycles.